The molecule has 1 aromatic rings. The van der Waals surface area contributed by atoms with Crippen LogP contribution in [0.1, 0.15) is 18.0 Å². The van der Waals surface area contributed by atoms with Gasteiger partial charge in [-0.3, -0.25) is 0 Å². The third-order valence-electron chi connectivity index (χ3n) is 1.98. The van der Waals surface area contributed by atoms with Gasteiger partial charge >= 0.3 is 5.51 Å². The van der Waals surface area contributed by atoms with Crippen LogP contribution >= 0.6 is 24.2 Å². The number of halogens is 4. The lowest BCUT2D eigenvalue weighted by Crippen LogP contribution is -2.11. The van der Waals surface area contributed by atoms with Crippen LogP contribution in [0.2, 0.25) is 0 Å². The topological polar surface area (TPSA) is 46.2 Å². The number of rotatable bonds is 4. The summed E-state index contributed by atoms with van der Waals surface area (Å²) in [6.07, 6.45) is 0.395. The third kappa shape index (κ3) is 6.16. The van der Waals surface area contributed by atoms with E-state index in [1.165, 1.54) is 12.1 Å². The molecule has 7 heteroatoms. The lowest BCUT2D eigenvalue weighted by atomic mass is 10.1. The van der Waals surface area contributed by atoms with Crippen LogP contribution in [0, 0.1) is 0 Å². The highest BCUT2D eigenvalue weighted by Gasteiger charge is 2.29. The lowest BCUT2D eigenvalue weighted by Gasteiger charge is -2.11. The van der Waals surface area contributed by atoms with Crippen LogP contribution in [0.3, 0.4) is 0 Å². The molecule has 0 bridgehead atoms. The summed E-state index contributed by atoms with van der Waals surface area (Å²) in [5.74, 6) is 0. The maximum Gasteiger partial charge on any atom is 0.446 e. The number of aliphatic hydroxyl groups is 1. The fourth-order valence-corrected chi connectivity index (χ4v) is 1.76. The van der Waals surface area contributed by atoms with Gasteiger partial charge in [0.2, 0.25) is 0 Å². The van der Waals surface area contributed by atoms with Crippen molar-refractivity contribution < 1.29 is 18.3 Å². The molecule has 0 heterocycles. The molecule has 3 N–H and O–H groups in total. The van der Waals surface area contributed by atoms with E-state index in [4.69, 9.17) is 10.8 Å². The normalized spacial score (nSPS) is 13.0. The molecule has 0 saturated heterocycles. The van der Waals surface area contributed by atoms with E-state index >= 15 is 0 Å². The maximum atomic E-state index is 12.0. The molecule has 0 aromatic heterocycles. The first-order valence-electron chi connectivity index (χ1n) is 4.64. The largest absolute Gasteiger partial charge is 0.446 e. The van der Waals surface area contributed by atoms with Gasteiger partial charge in [0.05, 0.1) is 0 Å². The summed E-state index contributed by atoms with van der Waals surface area (Å²) in [5.41, 5.74) is 2.15. The maximum absolute atomic E-state index is 12.0. The molecule has 1 atom stereocenters. The van der Waals surface area contributed by atoms with E-state index in [9.17, 15) is 13.2 Å². The van der Waals surface area contributed by atoms with Gasteiger partial charge in [0, 0.05) is 17.5 Å². The van der Waals surface area contributed by atoms with Crippen molar-refractivity contribution in [3.8, 4) is 0 Å². The first-order chi connectivity index (χ1) is 7.42. The van der Waals surface area contributed by atoms with Crippen molar-refractivity contribution in [2.75, 3.05) is 6.61 Å². The molecule has 1 aromatic carbocycles. The van der Waals surface area contributed by atoms with Crippen molar-refractivity contribution in [2.45, 2.75) is 22.9 Å². The fourth-order valence-electron chi connectivity index (χ4n) is 1.22. The van der Waals surface area contributed by atoms with Crippen LogP contribution in [0.25, 0.3) is 0 Å². The van der Waals surface area contributed by atoms with E-state index in [1.807, 2.05) is 0 Å². The molecule has 0 amide bonds. The molecule has 0 radical (unpaired) electrons. The Labute approximate surface area is 108 Å². The molecule has 0 saturated carbocycles. The highest BCUT2D eigenvalue weighted by Crippen LogP contribution is 2.36. The van der Waals surface area contributed by atoms with Crippen LogP contribution in [0.5, 0.6) is 0 Å². The summed E-state index contributed by atoms with van der Waals surface area (Å²) in [4.78, 5) is 0.132. The van der Waals surface area contributed by atoms with E-state index in [0.29, 0.717) is 6.42 Å². The zero-order chi connectivity index (χ0) is 12.2. The SMILES string of the molecule is Cl.N[C@H](CCO)c1ccc(SC(F)(F)F)cc1. The Bertz CT molecular complexity index is 331. The Balaban J connectivity index is 0.00000256. The summed E-state index contributed by atoms with van der Waals surface area (Å²) in [7, 11) is 0. The second-order valence-electron chi connectivity index (χ2n) is 3.24. The van der Waals surface area contributed by atoms with Crippen molar-refractivity contribution >= 4 is 24.2 Å². The van der Waals surface area contributed by atoms with Gasteiger partial charge in [-0.2, -0.15) is 13.2 Å². The smallest absolute Gasteiger partial charge is 0.396 e. The predicted molar refractivity (Wildman–Crippen MR) is 64.2 cm³/mol. The molecule has 1 rings (SSSR count). The minimum atomic E-state index is -4.27. The summed E-state index contributed by atoms with van der Waals surface area (Å²) < 4.78 is 36.1. The Morgan fingerprint density at radius 1 is 1.24 bits per heavy atom. The van der Waals surface area contributed by atoms with Crippen molar-refractivity contribution in [3.63, 3.8) is 0 Å². The minimum Gasteiger partial charge on any atom is -0.396 e. The van der Waals surface area contributed by atoms with Crippen LogP contribution in [-0.4, -0.2) is 17.2 Å². The molecule has 2 nitrogen and oxygen atoms in total. The quantitative estimate of drug-likeness (QED) is 0.837. The minimum absolute atomic E-state index is 0. The molecule has 17 heavy (non-hydrogen) atoms. The molecule has 0 fully saturated rings. The summed E-state index contributed by atoms with van der Waals surface area (Å²) in [6.45, 7) is -0.0414. The van der Waals surface area contributed by atoms with Crippen LogP contribution < -0.4 is 5.73 Å². The Kier molecular flexibility index (Phi) is 6.92. The van der Waals surface area contributed by atoms with Crippen molar-refractivity contribution in [1.82, 2.24) is 0 Å². The van der Waals surface area contributed by atoms with E-state index in [0.717, 1.165) is 5.56 Å². The number of nitrogens with two attached hydrogens (primary N) is 1. The van der Waals surface area contributed by atoms with E-state index < -0.39 is 5.51 Å². The molecule has 0 aliphatic carbocycles. The van der Waals surface area contributed by atoms with Crippen LogP contribution in [-0.2, 0) is 0 Å². The molecule has 0 unspecified atom stereocenters. The van der Waals surface area contributed by atoms with Gasteiger partial charge in [0.15, 0.2) is 0 Å². The second-order valence-corrected chi connectivity index (χ2v) is 4.37. The van der Waals surface area contributed by atoms with Gasteiger partial charge in [-0.15, -0.1) is 12.4 Å². The first-order valence-corrected chi connectivity index (χ1v) is 5.46. The molecule has 0 aliphatic rings. The van der Waals surface area contributed by atoms with Gasteiger partial charge < -0.3 is 10.8 Å². The van der Waals surface area contributed by atoms with E-state index in [1.54, 1.807) is 12.1 Å². The van der Waals surface area contributed by atoms with Gasteiger partial charge in [-0.25, -0.2) is 0 Å². The lowest BCUT2D eigenvalue weighted by molar-refractivity contribution is -0.0328. The van der Waals surface area contributed by atoms with Gasteiger partial charge in [-0.05, 0) is 35.9 Å². The number of thioether (sulfide) groups is 1. The number of benzene rings is 1. The average molecular weight is 288 g/mol. The van der Waals surface area contributed by atoms with Crippen molar-refractivity contribution in [1.29, 1.82) is 0 Å². The first kappa shape index (κ1) is 16.6. The van der Waals surface area contributed by atoms with Crippen LogP contribution in [0.15, 0.2) is 29.2 Å². The van der Waals surface area contributed by atoms with E-state index in [2.05, 4.69) is 0 Å². The fraction of sp³-hybridized carbons (Fsp3) is 0.400. The Morgan fingerprint density at radius 2 is 1.76 bits per heavy atom. The zero-order valence-electron chi connectivity index (χ0n) is 8.78. The third-order valence-corrected chi connectivity index (χ3v) is 2.72. The summed E-state index contributed by atoms with van der Waals surface area (Å²) in [6, 6.07) is 5.52. The second kappa shape index (κ2) is 7.10. The highest BCUT2D eigenvalue weighted by atomic mass is 35.5. The Hall–Kier alpha value is -0.430. The number of aliphatic hydroxyl groups excluding tert-OH is 1. The van der Waals surface area contributed by atoms with E-state index in [-0.39, 0.29) is 41.7 Å². The van der Waals surface area contributed by atoms with Gasteiger partial charge in [0.25, 0.3) is 0 Å². The highest BCUT2D eigenvalue weighted by molar-refractivity contribution is 8.00. The monoisotopic (exact) mass is 287 g/mol. The number of alkyl halides is 3. The average Bonchev–Trinajstić information content (AvgIpc) is 2.16. The zero-order valence-corrected chi connectivity index (χ0v) is 10.4. The van der Waals surface area contributed by atoms with Gasteiger partial charge in [0.1, 0.15) is 0 Å². The van der Waals surface area contributed by atoms with Crippen LogP contribution in [0.4, 0.5) is 13.2 Å². The van der Waals surface area contributed by atoms with Crippen molar-refractivity contribution in [2.24, 2.45) is 5.73 Å². The van der Waals surface area contributed by atoms with Crippen molar-refractivity contribution in [3.05, 3.63) is 29.8 Å². The molecule has 0 aliphatic heterocycles. The van der Waals surface area contributed by atoms with Gasteiger partial charge in [-0.1, -0.05) is 12.1 Å². The summed E-state index contributed by atoms with van der Waals surface area (Å²) >= 11 is -0.156. The predicted octanol–water partition coefficient (Wildman–Crippen LogP) is 3.10. The Morgan fingerprint density at radius 3 is 2.18 bits per heavy atom. The standard InChI is InChI=1S/C10H12F3NOS.ClH/c11-10(12,13)16-8-3-1-7(2-4-8)9(14)5-6-15;/h1-4,9,15H,5-6,14H2;1H/t9-;/m1./s1. The molecule has 98 valence electrons. The molecular formula is C10H13ClF3NOS. The molecular weight excluding hydrogens is 275 g/mol. The molecule has 0 spiro atoms. The summed E-state index contributed by atoms with van der Waals surface area (Å²) in [5, 5.41) is 8.67. The number of hydrogen-bond acceptors (Lipinski definition) is 3. The number of hydrogen-bond donors (Lipinski definition) is 2.